The molecule has 10 heteroatoms. The van der Waals surface area contributed by atoms with Gasteiger partial charge in [-0.15, -0.1) is 0 Å². The Labute approximate surface area is 207 Å². The second-order valence-electron chi connectivity index (χ2n) is 10.5. The number of nitrogens with zero attached hydrogens (tertiary/aromatic N) is 3. The molecule has 1 aromatic carbocycles. The maximum absolute atomic E-state index is 15.4. The summed E-state index contributed by atoms with van der Waals surface area (Å²) in [5.41, 5.74) is 0.943. The standard InChI is InChI=1S/C25H28ClFN4O4/c1-24(2,33)22-25(5-3-4-6-25)14-7-12(8-16(27)19(14)30-22)18-15(26)10-28-23(31-18)29-17-9-13-11-34-21(35-13)20(17)32/h7-8,10,13,17,20-21,32-33H,3-6,9,11H2,1-2H3,(H,28,29,31)/t13-,17?,20+,21+/m1/s1. The van der Waals surface area contributed by atoms with E-state index in [0.29, 0.717) is 30.0 Å². The maximum atomic E-state index is 15.4. The van der Waals surface area contributed by atoms with Crippen molar-refractivity contribution in [3.05, 3.63) is 34.7 Å². The summed E-state index contributed by atoms with van der Waals surface area (Å²) in [6, 6.07) is 2.94. The Morgan fingerprint density at radius 3 is 2.77 bits per heavy atom. The van der Waals surface area contributed by atoms with Crippen molar-refractivity contribution in [1.29, 1.82) is 0 Å². The molecular formula is C25H28ClFN4O4. The van der Waals surface area contributed by atoms with E-state index in [0.717, 1.165) is 31.2 Å². The summed E-state index contributed by atoms with van der Waals surface area (Å²) in [5, 5.41) is 24.8. The molecule has 1 aromatic heterocycles. The third kappa shape index (κ3) is 3.76. The number of aliphatic hydroxyl groups is 2. The van der Waals surface area contributed by atoms with Crippen LogP contribution in [0.3, 0.4) is 0 Å². The highest BCUT2D eigenvalue weighted by Crippen LogP contribution is 2.54. The SMILES string of the molecule is CC(C)(O)C1=Nc2c(F)cc(-c3nc(NC4C[C@@H]5CO[C@@H](O5)[C@H]4O)ncc3Cl)cc2C12CCCC2. The molecule has 1 spiro atoms. The second-order valence-corrected chi connectivity index (χ2v) is 10.9. The molecule has 1 saturated carbocycles. The van der Waals surface area contributed by atoms with Crippen LogP contribution in [-0.2, 0) is 14.9 Å². The number of halogens is 2. The number of hydrogen-bond donors (Lipinski definition) is 3. The Balaban J connectivity index is 1.37. The predicted molar refractivity (Wildman–Crippen MR) is 129 cm³/mol. The molecule has 0 radical (unpaired) electrons. The zero-order valence-electron chi connectivity index (χ0n) is 19.6. The summed E-state index contributed by atoms with van der Waals surface area (Å²) in [6.45, 7) is 3.85. The van der Waals surface area contributed by atoms with Crippen LogP contribution in [0.15, 0.2) is 23.3 Å². The molecule has 8 nitrogen and oxygen atoms in total. The van der Waals surface area contributed by atoms with Crippen LogP contribution in [0.4, 0.5) is 16.0 Å². The summed E-state index contributed by atoms with van der Waals surface area (Å²) in [7, 11) is 0. The van der Waals surface area contributed by atoms with Crippen molar-refractivity contribution in [1.82, 2.24) is 9.97 Å². The van der Waals surface area contributed by atoms with Crippen molar-refractivity contribution in [3.8, 4) is 11.3 Å². The Hall–Kier alpha value is -2.17. The Kier molecular flexibility index (Phi) is 5.43. The molecule has 6 rings (SSSR count). The molecule has 4 atom stereocenters. The predicted octanol–water partition coefficient (Wildman–Crippen LogP) is 3.89. The third-order valence-corrected chi connectivity index (χ3v) is 7.88. The van der Waals surface area contributed by atoms with Crippen LogP contribution in [0.2, 0.25) is 5.02 Å². The van der Waals surface area contributed by atoms with Crippen molar-refractivity contribution >= 4 is 28.9 Å². The molecule has 4 aliphatic rings. The molecule has 2 bridgehead atoms. The van der Waals surface area contributed by atoms with Gasteiger partial charge in [0.1, 0.15) is 17.6 Å². The fourth-order valence-corrected chi connectivity index (χ4v) is 6.30. The first-order chi connectivity index (χ1) is 16.7. The van der Waals surface area contributed by atoms with E-state index in [2.05, 4.69) is 20.3 Å². The van der Waals surface area contributed by atoms with E-state index in [4.69, 9.17) is 21.1 Å². The Bertz CT molecular complexity index is 1210. The van der Waals surface area contributed by atoms with E-state index >= 15 is 4.39 Å². The Morgan fingerprint density at radius 1 is 1.26 bits per heavy atom. The lowest BCUT2D eigenvalue weighted by molar-refractivity contribution is -0.156. The lowest BCUT2D eigenvalue weighted by Crippen LogP contribution is -2.48. The lowest BCUT2D eigenvalue weighted by Gasteiger charge is -2.33. The highest BCUT2D eigenvalue weighted by molar-refractivity contribution is 6.33. The molecule has 4 heterocycles. The van der Waals surface area contributed by atoms with Crippen LogP contribution in [0.5, 0.6) is 0 Å². The number of aromatic nitrogens is 2. The van der Waals surface area contributed by atoms with Gasteiger partial charge in [0.05, 0.1) is 47.0 Å². The summed E-state index contributed by atoms with van der Waals surface area (Å²) in [4.78, 5) is 13.5. The number of aliphatic hydroxyl groups excluding tert-OH is 1. The fraction of sp³-hybridized carbons (Fsp3) is 0.560. The van der Waals surface area contributed by atoms with Crippen molar-refractivity contribution in [2.45, 2.75) is 81.5 Å². The van der Waals surface area contributed by atoms with Crippen LogP contribution in [0, 0.1) is 5.82 Å². The molecule has 3 aliphatic heterocycles. The van der Waals surface area contributed by atoms with Gasteiger partial charge in [-0.1, -0.05) is 24.4 Å². The molecule has 1 aliphatic carbocycles. The highest BCUT2D eigenvalue weighted by atomic mass is 35.5. The summed E-state index contributed by atoms with van der Waals surface area (Å²) in [6.07, 6.45) is 3.98. The normalized spacial score (nSPS) is 28.9. The van der Waals surface area contributed by atoms with Gasteiger partial charge in [0.15, 0.2) is 6.29 Å². The molecule has 35 heavy (non-hydrogen) atoms. The smallest absolute Gasteiger partial charge is 0.223 e. The topological polar surface area (TPSA) is 109 Å². The van der Waals surface area contributed by atoms with E-state index in [1.165, 1.54) is 12.3 Å². The number of hydrogen-bond acceptors (Lipinski definition) is 8. The molecule has 2 aromatic rings. The van der Waals surface area contributed by atoms with Gasteiger partial charge in [-0.3, -0.25) is 4.99 Å². The number of anilines is 1. The lowest BCUT2D eigenvalue weighted by atomic mass is 9.71. The minimum absolute atomic E-state index is 0.0916. The first kappa shape index (κ1) is 23.2. The zero-order chi connectivity index (χ0) is 24.5. The molecule has 2 saturated heterocycles. The molecular weight excluding hydrogens is 475 g/mol. The van der Waals surface area contributed by atoms with Gasteiger partial charge in [-0.2, -0.15) is 0 Å². The van der Waals surface area contributed by atoms with Crippen LogP contribution in [0.1, 0.15) is 51.5 Å². The van der Waals surface area contributed by atoms with Crippen molar-refractivity contribution in [2.75, 3.05) is 11.9 Å². The summed E-state index contributed by atoms with van der Waals surface area (Å²) >= 11 is 6.48. The molecule has 1 unspecified atom stereocenters. The first-order valence-electron chi connectivity index (χ1n) is 12.1. The quantitative estimate of drug-likeness (QED) is 0.582. The minimum Gasteiger partial charge on any atom is -0.386 e. The number of aliphatic imine (C=N–C) groups is 1. The summed E-state index contributed by atoms with van der Waals surface area (Å²) < 4.78 is 26.5. The average Bonchev–Trinajstić information content (AvgIpc) is 3.52. The molecule has 3 N–H and O–H groups in total. The van der Waals surface area contributed by atoms with Crippen LogP contribution in [0.25, 0.3) is 11.3 Å². The van der Waals surface area contributed by atoms with E-state index in [9.17, 15) is 10.2 Å². The van der Waals surface area contributed by atoms with E-state index < -0.39 is 29.2 Å². The highest BCUT2D eigenvalue weighted by Gasteiger charge is 2.51. The van der Waals surface area contributed by atoms with Crippen LogP contribution < -0.4 is 5.32 Å². The van der Waals surface area contributed by atoms with Crippen molar-refractivity contribution in [2.24, 2.45) is 4.99 Å². The monoisotopic (exact) mass is 502 g/mol. The van der Waals surface area contributed by atoms with Gasteiger partial charge >= 0.3 is 0 Å². The van der Waals surface area contributed by atoms with E-state index in [-0.39, 0.29) is 28.8 Å². The van der Waals surface area contributed by atoms with Gasteiger partial charge in [-0.25, -0.2) is 14.4 Å². The van der Waals surface area contributed by atoms with Gasteiger partial charge in [0.25, 0.3) is 0 Å². The zero-order valence-corrected chi connectivity index (χ0v) is 20.3. The van der Waals surface area contributed by atoms with Gasteiger partial charge in [0, 0.05) is 11.0 Å². The van der Waals surface area contributed by atoms with Crippen LogP contribution in [-0.4, -0.2) is 62.6 Å². The molecule has 186 valence electrons. The largest absolute Gasteiger partial charge is 0.386 e. The van der Waals surface area contributed by atoms with E-state index in [1.54, 1.807) is 13.8 Å². The van der Waals surface area contributed by atoms with Gasteiger partial charge in [-0.05, 0) is 50.8 Å². The third-order valence-electron chi connectivity index (χ3n) is 7.61. The summed E-state index contributed by atoms with van der Waals surface area (Å²) in [5.74, 6) is -0.194. The Morgan fingerprint density at radius 2 is 2.03 bits per heavy atom. The number of nitrogens with one attached hydrogen (secondary N) is 1. The van der Waals surface area contributed by atoms with Crippen molar-refractivity contribution < 1.29 is 24.1 Å². The maximum Gasteiger partial charge on any atom is 0.223 e. The van der Waals surface area contributed by atoms with E-state index in [1.807, 2.05) is 6.07 Å². The average molecular weight is 503 g/mol. The first-order valence-corrected chi connectivity index (χ1v) is 12.4. The number of rotatable bonds is 4. The van der Waals surface area contributed by atoms with Gasteiger partial charge in [0.2, 0.25) is 5.95 Å². The van der Waals surface area contributed by atoms with Crippen molar-refractivity contribution in [3.63, 3.8) is 0 Å². The minimum atomic E-state index is -1.16. The van der Waals surface area contributed by atoms with Crippen LogP contribution >= 0.6 is 11.6 Å². The molecule has 3 fully saturated rings. The molecule has 0 amide bonds. The number of ether oxygens (including phenoxy) is 2. The second kappa shape index (κ2) is 8.18. The fourth-order valence-electron chi connectivity index (χ4n) is 6.10. The number of fused-ring (bicyclic) bond motifs is 4. The number of benzene rings is 1. The van der Waals surface area contributed by atoms with Gasteiger partial charge < -0.3 is 25.0 Å².